The number of ether oxygens (including phenoxy) is 1. The molecule has 1 heterocycles. The average Bonchev–Trinajstić information content (AvgIpc) is 2.48. The Morgan fingerprint density at radius 3 is 2.71 bits per heavy atom. The fourth-order valence-electron chi connectivity index (χ4n) is 2.28. The van der Waals surface area contributed by atoms with Crippen molar-refractivity contribution in [3.8, 4) is 0 Å². The van der Waals surface area contributed by atoms with Crippen LogP contribution >= 0.6 is 0 Å². The number of rotatable bonds is 5. The minimum Gasteiger partial charge on any atom is -0.478 e. The van der Waals surface area contributed by atoms with Gasteiger partial charge >= 0.3 is 5.97 Å². The van der Waals surface area contributed by atoms with Gasteiger partial charge in [0.05, 0.1) is 11.7 Å². The molecule has 3 N–H and O–H groups in total. The first kappa shape index (κ1) is 15.5. The first-order valence-corrected chi connectivity index (χ1v) is 7.02. The van der Waals surface area contributed by atoms with E-state index in [1.165, 1.54) is 12.1 Å². The fraction of sp³-hybridized carbons (Fsp3) is 0.467. The Morgan fingerprint density at radius 2 is 2.10 bits per heavy atom. The van der Waals surface area contributed by atoms with Crippen molar-refractivity contribution in [2.75, 3.05) is 25.0 Å². The molecule has 0 aliphatic carbocycles. The lowest BCUT2D eigenvalue weighted by atomic mass is 10.1. The molecular weight excluding hydrogens is 272 g/mol. The van der Waals surface area contributed by atoms with E-state index in [9.17, 15) is 9.59 Å². The van der Waals surface area contributed by atoms with Gasteiger partial charge in [0, 0.05) is 5.69 Å². The second-order valence-electron chi connectivity index (χ2n) is 5.14. The number of hydrogen-bond acceptors (Lipinski definition) is 4. The Labute approximate surface area is 123 Å². The maximum atomic E-state index is 11.9. The van der Waals surface area contributed by atoms with Gasteiger partial charge in [0.1, 0.15) is 6.61 Å². The zero-order valence-corrected chi connectivity index (χ0v) is 12.0. The Morgan fingerprint density at radius 1 is 1.38 bits per heavy atom. The van der Waals surface area contributed by atoms with E-state index in [0.29, 0.717) is 11.3 Å². The summed E-state index contributed by atoms with van der Waals surface area (Å²) in [6.07, 6.45) is 1.96. The predicted octanol–water partition coefficient (Wildman–Crippen LogP) is 1.40. The highest BCUT2D eigenvalue weighted by atomic mass is 16.5. The van der Waals surface area contributed by atoms with Crippen molar-refractivity contribution in [3.05, 3.63) is 29.3 Å². The highest BCUT2D eigenvalue weighted by Gasteiger charge is 2.15. The van der Waals surface area contributed by atoms with Crippen LogP contribution < -0.4 is 10.6 Å². The summed E-state index contributed by atoms with van der Waals surface area (Å²) in [5, 5.41) is 14.9. The Balaban J connectivity index is 1.85. The number of carboxylic acids is 1. The Kier molecular flexibility index (Phi) is 5.30. The third-order valence-electron chi connectivity index (χ3n) is 3.48. The molecule has 1 aliphatic heterocycles. The number of aryl methyl sites for hydroxylation is 1. The van der Waals surface area contributed by atoms with Crippen LogP contribution in [0.1, 0.15) is 28.8 Å². The normalized spacial score (nSPS) is 15.7. The van der Waals surface area contributed by atoms with Gasteiger partial charge in [0.25, 0.3) is 0 Å². The number of hydrogen-bond donors (Lipinski definition) is 3. The Bertz CT molecular complexity index is 524. The number of benzene rings is 1. The van der Waals surface area contributed by atoms with Crippen LogP contribution in [0.15, 0.2) is 18.2 Å². The van der Waals surface area contributed by atoms with E-state index < -0.39 is 5.97 Å². The van der Waals surface area contributed by atoms with Crippen LogP contribution in [-0.4, -0.2) is 42.8 Å². The maximum absolute atomic E-state index is 11.9. The molecule has 2 rings (SSSR count). The molecule has 0 spiro atoms. The lowest BCUT2D eigenvalue weighted by molar-refractivity contribution is -0.123. The monoisotopic (exact) mass is 292 g/mol. The predicted molar refractivity (Wildman–Crippen MR) is 78.6 cm³/mol. The number of carboxylic acid groups (broad SMARTS) is 1. The molecule has 1 aromatic carbocycles. The van der Waals surface area contributed by atoms with Gasteiger partial charge in [0.15, 0.2) is 0 Å². The number of amides is 1. The zero-order chi connectivity index (χ0) is 15.2. The van der Waals surface area contributed by atoms with Crippen LogP contribution in [0.4, 0.5) is 5.69 Å². The highest BCUT2D eigenvalue weighted by Crippen LogP contribution is 2.16. The van der Waals surface area contributed by atoms with Crippen molar-refractivity contribution in [1.82, 2.24) is 5.32 Å². The molecule has 0 bridgehead atoms. The molecule has 114 valence electrons. The molecule has 0 aromatic heterocycles. The molecule has 1 aromatic rings. The quantitative estimate of drug-likeness (QED) is 0.763. The molecule has 1 amide bonds. The first-order chi connectivity index (χ1) is 10.1. The number of anilines is 1. The van der Waals surface area contributed by atoms with Gasteiger partial charge < -0.3 is 20.5 Å². The van der Waals surface area contributed by atoms with E-state index in [0.717, 1.165) is 25.9 Å². The SMILES string of the molecule is Cc1cc(C(=O)O)ccc1NC(=O)COC1CCNCC1. The van der Waals surface area contributed by atoms with Crippen LogP contribution in [0.3, 0.4) is 0 Å². The van der Waals surface area contributed by atoms with E-state index in [1.807, 2.05) is 0 Å². The largest absolute Gasteiger partial charge is 0.478 e. The van der Waals surface area contributed by atoms with Crippen LogP contribution in [-0.2, 0) is 9.53 Å². The molecule has 1 saturated heterocycles. The van der Waals surface area contributed by atoms with Crippen molar-refractivity contribution in [1.29, 1.82) is 0 Å². The Hall–Kier alpha value is -1.92. The van der Waals surface area contributed by atoms with E-state index in [-0.39, 0.29) is 24.2 Å². The fourth-order valence-corrected chi connectivity index (χ4v) is 2.28. The van der Waals surface area contributed by atoms with Gasteiger partial charge in [-0.1, -0.05) is 0 Å². The highest BCUT2D eigenvalue weighted by molar-refractivity contribution is 5.94. The van der Waals surface area contributed by atoms with Gasteiger partial charge in [-0.2, -0.15) is 0 Å². The molecule has 0 atom stereocenters. The summed E-state index contributed by atoms with van der Waals surface area (Å²) < 4.78 is 5.57. The minimum atomic E-state index is -0.981. The summed E-state index contributed by atoms with van der Waals surface area (Å²) in [7, 11) is 0. The summed E-state index contributed by atoms with van der Waals surface area (Å²) in [4.78, 5) is 22.7. The summed E-state index contributed by atoms with van der Waals surface area (Å²) in [6, 6.07) is 4.60. The van der Waals surface area contributed by atoms with Gasteiger partial charge in [0.2, 0.25) is 5.91 Å². The van der Waals surface area contributed by atoms with Gasteiger partial charge in [-0.25, -0.2) is 4.79 Å². The van der Waals surface area contributed by atoms with Crippen molar-refractivity contribution in [2.24, 2.45) is 0 Å². The molecule has 21 heavy (non-hydrogen) atoms. The molecule has 1 aliphatic rings. The van der Waals surface area contributed by atoms with Crippen LogP contribution in [0.2, 0.25) is 0 Å². The third kappa shape index (κ3) is 4.54. The van der Waals surface area contributed by atoms with Crippen molar-refractivity contribution < 1.29 is 19.4 Å². The molecule has 1 fully saturated rings. The standard InChI is InChI=1S/C15H20N2O4/c1-10-8-11(15(19)20)2-3-13(10)17-14(18)9-21-12-4-6-16-7-5-12/h2-3,8,12,16H,4-7,9H2,1H3,(H,17,18)(H,19,20). The first-order valence-electron chi connectivity index (χ1n) is 7.02. The van der Waals surface area contributed by atoms with Crippen molar-refractivity contribution in [2.45, 2.75) is 25.9 Å². The van der Waals surface area contributed by atoms with Crippen molar-refractivity contribution in [3.63, 3.8) is 0 Å². The molecule has 6 heteroatoms. The minimum absolute atomic E-state index is 0.0186. The average molecular weight is 292 g/mol. The van der Waals surface area contributed by atoms with Crippen LogP contribution in [0.25, 0.3) is 0 Å². The van der Waals surface area contributed by atoms with Gasteiger partial charge in [-0.3, -0.25) is 4.79 Å². The molecule has 0 saturated carbocycles. The van der Waals surface area contributed by atoms with E-state index in [4.69, 9.17) is 9.84 Å². The number of carbonyl (C=O) groups is 2. The zero-order valence-electron chi connectivity index (χ0n) is 12.0. The van der Waals surface area contributed by atoms with E-state index in [2.05, 4.69) is 10.6 Å². The lowest BCUT2D eigenvalue weighted by Crippen LogP contribution is -2.34. The molecule has 6 nitrogen and oxygen atoms in total. The molecular formula is C15H20N2O4. The summed E-state index contributed by atoms with van der Waals surface area (Å²) in [5.74, 6) is -1.20. The number of aromatic carboxylic acids is 1. The number of carbonyl (C=O) groups excluding carboxylic acids is 1. The van der Waals surface area contributed by atoms with E-state index >= 15 is 0 Å². The van der Waals surface area contributed by atoms with Gasteiger partial charge in [-0.15, -0.1) is 0 Å². The van der Waals surface area contributed by atoms with Crippen LogP contribution in [0, 0.1) is 6.92 Å². The van der Waals surface area contributed by atoms with Crippen molar-refractivity contribution >= 4 is 17.6 Å². The second-order valence-corrected chi connectivity index (χ2v) is 5.14. The summed E-state index contributed by atoms with van der Waals surface area (Å²) in [5.41, 5.74) is 1.53. The maximum Gasteiger partial charge on any atom is 0.335 e. The molecule has 0 radical (unpaired) electrons. The lowest BCUT2D eigenvalue weighted by Gasteiger charge is -2.22. The van der Waals surface area contributed by atoms with Gasteiger partial charge in [-0.05, 0) is 56.6 Å². The topological polar surface area (TPSA) is 87.7 Å². The van der Waals surface area contributed by atoms with E-state index in [1.54, 1.807) is 13.0 Å². The summed E-state index contributed by atoms with van der Waals surface area (Å²) >= 11 is 0. The number of nitrogens with one attached hydrogen (secondary N) is 2. The second kappa shape index (κ2) is 7.19. The third-order valence-corrected chi connectivity index (χ3v) is 3.48. The summed E-state index contributed by atoms with van der Waals surface area (Å²) in [6.45, 7) is 3.62. The van der Waals surface area contributed by atoms with Crippen LogP contribution in [0.5, 0.6) is 0 Å². The molecule has 0 unspecified atom stereocenters. The number of piperidine rings is 1. The smallest absolute Gasteiger partial charge is 0.335 e.